The third-order valence-electron chi connectivity index (χ3n) is 7.19. The lowest BCUT2D eigenvalue weighted by Crippen LogP contribution is -2.50. The number of hydrogen-bond acceptors (Lipinski definition) is 6. The Balaban J connectivity index is 1.86. The Hall–Kier alpha value is -1.96. The third kappa shape index (κ3) is 9.54. The number of carbonyl (C=O) groups excluding carboxylic acids is 2. The van der Waals surface area contributed by atoms with Crippen LogP contribution < -0.4 is 5.32 Å². The molecule has 2 saturated heterocycles. The molecule has 1 amide bonds. The average molecular weight is 492 g/mol. The number of methoxy groups -OCH3 is 1. The molecule has 1 N–H and O–H groups in total. The fourth-order valence-electron chi connectivity index (χ4n) is 4.78. The Morgan fingerprint density at radius 2 is 1.97 bits per heavy atom. The summed E-state index contributed by atoms with van der Waals surface area (Å²) in [5.41, 5.74) is 1.04. The molecule has 198 valence electrons. The molecule has 0 aromatic rings. The minimum Gasteiger partial charge on any atom is -0.461 e. The van der Waals surface area contributed by atoms with Crippen molar-refractivity contribution in [2.45, 2.75) is 116 Å². The van der Waals surface area contributed by atoms with Crippen molar-refractivity contribution in [2.24, 2.45) is 5.92 Å². The minimum absolute atomic E-state index is 0.0540. The summed E-state index contributed by atoms with van der Waals surface area (Å²) in [5.74, 6) is 0.0957. The summed E-state index contributed by atoms with van der Waals surface area (Å²) in [4.78, 5) is 22.6. The fourth-order valence-corrected chi connectivity index (χ4v) is 4.78. The van der Waals surface area contributed by atoms with Crippen LogP contribution in [0, 0.1) is 5.92 Å². The summed E-state index contributed by atoms with van der Waals surface area (Å²) < 4.78 is 23.0. The first-order valence-electron chi connectivity index (χ1n) is 12.9. The Labute approximate surface area is 211 Å². The van der Waals surface area contributed by atoms with E-state index in [1.807, 2.05) is 6.92 Å². The van der Waals surface area contributed by atoms with E-state index in [9.17, 15) is 9.59 Å². The second-order valence-corrected chi connectivity index (χ2v) is 10.3. The number of hydrogen-bond donors (Lipinski definition) is 1. The number of allylic oxidation sites excluding steroid dienone is 2. The van der Waals surface area contributed by atoms with Crippen LogP contribution in [0.2, 0.25) is 0 Å². The van der Waals surface area contributed by atoms with Crippen LogP contribution >= 0.6 is 0 Å². The van der Waals surface area contributed by atoms with Crippen molar-refractivity contribution >= 4 is 12.4 Å². The highest BCUT2D eigenvalue weighted by atomic mass is 16.5. The summed E-state index contributed by atoms with van der Waals surface area (Å²) in [5, 5.41) is 3.01. The molecular formula is C28H45NO6. The molecule has 2 fully saturated rings. The van der Waals surface area contributed by atoms with Crippen molar-refractivity contribution < 1.29 is 28.5 Å². The van der Waals surface area contributed by atoms with Gasteiger partial charge in [0.2, 0.25) is 5.91 Å². The molecule has 0 aliphatic carbocycles. The van der Waals surface area contributed by atoms with Gasteiger partial charge in [0.05, 0.1) is 36.1 Å². The SMILES string of the molecule is CC[C@@H]1C[C@](C)(OC)C[C@@H](/C=C/C(C)=C/C[C@@H]2OC(C)[C@H](NC(=O)/C=C\[C@H](C)OC=O)C[C@@H]2C)O1. The first-order chi connectivity index (χ1) is 16.6. The van der Waals surface area contributed by atoms with Crippen molar-refractivity contribution in [3.8, 4) is 0 Å². The zero-order valence-electron chi connectivity index (χ0n) is 22.5. The maximum atomic E-state index is 12.2. The van der Waals surface area contributed by atoms with Gasteiger partial charge in [0, 0.05) is 26.0 Å². The van der Waals surface area contributed by atoms with Gasteiger partial charge in [-0.05, 0) is 59.0 Å². The molecule has 7 heteroatoms. The average Bonchev–Trinajstić information content (AvgIpc) is 2.82. The maximum absolute atomic E-state index is 12.2. The van der Waals surface area contributed by atoms with Gasteiger partial charge in [0.25, 0.3) is 6.47 Å². The lowest BCUT2D eigenvalue weighted by atomic mass is 9.87. The second-order valence-electron chi connectivity index (χ2n) is 10.3. The van der Waals surface area contributed by atoms with Gasteiger partial charge >= 0.3 is 0 Å². The molecular weight excluding hydrogens is 446 g/mol. The Morgan fingerprint density at radius 1 is 1.23 bits per heavy atom. The Bertz CT molecular complexity index is 777. The first-order valence-corrected chi connectivity index (χ1v) is 12.9. The van der Waals surface area contributed by atoms with Crippen LogP contribution in [0.3, 0.4) is 0 Å². The van der Waals surface area contributed by atoms with Gasteiger partial charge in [-0.15, -0.1) is 0 Å². The summed E-state index contributed by atoms with van der Waals surface area (Å²) in [7, 11) is 1.79. The molecule has 2 aliphatic heterocycles. The number of carbonyl (C=O) groups is 2. The molecule has 7 nitrogen and oxygen atoms in total. The highest BCUT2D eigenvalue weighted by Gasteiger charge is 2.36. The zero-order chi connectivity index (χ0) is 26.0. The van der Waals surface area contributed by atoms with Crippen LogP contribution in [-0.2, 0) is 28.5 Å². The van der Waals surface area contributed by atoms with Crippen LogP contribution in [0.1, 0.15) is 73.6 Å². The molecule has 0 bridgehead atoms. The summed E-state index contributed by atoms with van der Waals surface area (Å²) in [6.45, 7) is 12.7. The highest BCUT2D eigenvalue weighted by Crippen LogP contribution is 2.33. The van der Waals surface area contributed by atoms with Crippen molar-refractivity contribution in [1.82, 2.24) is 5.32 Å². The van der Waals surface area contributed by atoms with E-state index >= 15 is 0 Å². The molecule has 0 spiro atoms. The molecule has 8 atom stereocenters. The molecule has 2 aliphatic rings. The summed E-state index contributed by atoms with van der Waals surface area (Å²) in [6.07, 6.45) is 13.8. The van der Waals surface area contributed by atoms with Gasteiger partial charge in [-0.3, -0.25) is 9.59 Å². The van der Waals surface area contributed by atoms with E-state index in [1.54, 1.807) is 20.1 Å². The second kappa shape index (κ2) is 14.0. The summed E-state index contributed by atoms with van der Waals surface area (Å²) >= 11 is 0. The molecule has 0 saturated carbocycles. The fraction of sp³-hybridized carbons (Fsp3) is 0.714. The predicted octanol–water partition coefficient (Wildman–Crippen LogP) is 4.66. The number of rotatable bonds is 11. The summed E-state index contributed by atoms with van der Waals surface area (Å²) in [6, 6.07) is -0.0595. The van der Waals surface area contributed by atoms with Crippen molar-refractivity contribution in [2.75, 3.05) is 7.11 Å². The lowest BCUT2D eigenvalue weighted by molar-refractivity contribution is -0.136. The number of nitrogens with one attached hydrogen (secondary N) is 1. The first kappa shape index (κ1) is 29.3. The van der Waals surface area contributed by atoms with Gasteiger partial charge in [0.15, 0.2) is 0 Å². The van der Waals surface area contributed by atoms with Gasteiger partial charge in [-0.25, -0.2) is 0 Å². The quantitative estimate of drug-likeness (QED) is 0.257. The van der Waals surface area contributed by atoms with E-state index < -0.39 is 6.10 Å². The van der Waals surface area contributed by atoms with Crippen molar-refractivity contribution in [3.63, 3.8) is 0 Å². The van der Waals surface area contributed by atoms with Crippen LogP contribution in [0.4, 0.5) is 0 Å². The van der Waals surface area contributed by atoms with Crippen LogP contribution in [0.5, 0.6) is 0 Å². The Kier molecular flexibility index (Phi) is 11.7. The topological polar surface area (TPSA) is 83.1 Å². The zero-order valence-corrected chi connectivity index (χ0v) is 22.5. The van der Waals surface area contributed by atoms with Crippen molar-refractivity contribution in [3.05, 3.63) is 36.0 Å². The van der Waals surface area contributed by atoms with Gasteiger partial charge in [-0.2, -0.15) is 0 Å². The van der Waals surface area contributed by atoms with E-state index in [0.717, 1.165) is 32.1 Å². The van der Waals surface area contributed by atoms with Crippen LogP contribution in [0.15, 0.2) is 36.0 Å². The monoisotopic (exact) mass is 491 g/mol. The van der Waals surface area contributed by atoms with E-state index in [0.29, 0.717) is 12.4 Å². The van der Waals surface area contributed by atoms with E-state index in [2.05, 4.69) is 51.2 Å². The van der Waals surface area contributed by atoms with E-state index in [1.165, 1.54) is 11.6 Å². The molecule has 2 rings (SSSR count). The molecule has 2 heterocycles. The smallest absolute Gasteiger partial charge is 0.293 e. The lowest BCUT2D eigenvalue weighted by Gasteiger charge is -2.40. The third-order valence-corrected chi connectivity index (χ3v) is 7.19. The molecule has 1 unspecified atom stereocenters. The largest absolute Gasteiger partial charge is 0.461 e. The van der Waals surface area contributed by atoms with Crippen LogP contribution in [-0.4, -0.2) is 61.7 Å². The van der Waals surface area contributed by atoms with Gasteiger partial charge < -0.3 is 24.3 Å². The van der Waals surface area contributed by atoms with Crippen molar-refractivity contribution in [1.29, 1.82) is 0 Å². The molecule has 35 heavy (non-hydrogen) atoms. The maximum Gasteiger partial charge on any atom is 0.293 e. The van der Waals surface area contributed by atoms with E-state index in [4.69, 9.17) is 18.9 Å². The standard InChI is InChI=1S/C28H45NO6/c1-8-23-16-28(6,32-7)17-24(35-23)12-9-19(2)10-13-26-20(3)15-25(22(5)34-26)29-27(31)14-11-21(4)33-18-30/h9-12,14,18,20-26H,8,13,15-17H2,1-7H3,(H,29,31)/b12-9+,14-11-,19-10+/t20-,21-,22?,23+,24+,25+,26-,28-/m0/s1. The number of amides is 1. The highest BCUT2D eigenvalue weighted by molar-refractivity contribution is 5.87. The Morgan fingerprint density at radius 3 is 2.63 bits per heavy atom. The molecule has 0 aromatic heterocycles. The minimum atomic E-state index is -0.437. The normalized spacial score (nSPS) is 35.2. The number of ether oxygens (including phenoxy) is 4. The van der Waals surface area contributed by atoms with Gasteiger partial charge in [-0.1, -0.05) is 37.6 Å². The molecule has 0 aromatic carbocycles. The van der Waals surface area contributed by atoms with E-state index in [-0.39, 0.29) is 42.0 Å². The predicted molar refractivity (Wildman–Crippen MR) is 137 cm³/mol. The van der Waals surface area contributed by atoms with Gasteiger partial charge in [0.1, 0.15) is 6.10 Å². The van der Waals surface area contributed by atoms with Crippen LogP contribution in [0.25, 0.3) is 0 Å². The molecule has 0 radical (unpaired) electrons.